The van der Waals surface area contributed by atoms with E-state index >= 15 is 0 Å². The highest BCUT2D eigenvalue weighted by molar-refractivity contribution is 7.89. The maximum absolute atomic E-state index is 13.9. The molecule has 0 bridgehead atoms. The molecule has 2 aromatic rings. The first-order chi connectivity index (χ1) is 18.0. The van der Waals surface area contributed by atoms with Gasteiger partial charge in [-0.1, -0.05) is 6.07 Å². The normalized spacial score (nSPS) is 22.9. The number of ether oxygens (including phenoxy) is 1. The van der Waals surface area contributed by atoms with Crippen molar-refractivity contribution >= 4 is 27.3 Å². The van der Waals surface area contributed by atoms with E-state index in [0.717, 1.165) is 37.1 Å². The molecule has 6 rings (SSSR count). The van der Waals surface area contributed by atoms with Crippen LogP contribution >= 0.6 is 0 Å². The van der Waals surface area contributed by atoms with E-state index in [1.54, 1.807) is 18.2 Å². The van der Waals surface area contributed by atoms with Crippen LogP contribution in [0.5, 0.6) is 0 Å². The number of piperidine rings is 1. The van der Waals surface area contributed by atoms with Crippen molar-refractivity contribution in [3.05, 3.63) is 53.1 Å². The third-order valence-electron chi connectivity index (χ3n) is 9.07. The summed E-state index contributed by atoms with van der Waals surface area (Å²) in [6, 6.07) is 10.1. The predicted octanol–water partition coefficient (Wildman–Crippen LogP) is 5.16. The van der Waals surface area contributed by atoms with Gasteiger partial charge in [-0.2, -0.15) is 0 Å². The number of nitrogens with one attached hydrogen (secondary N) is 2. The fourth-order valence-corrected chi connectivity index (χ4v) is 7.03. The van der Waals surface area contributed by atoms with Gasteiger partial charge in [-0.25, -0.2) is 21.9 Å². The minimum Gasteiger partial charge on any atom is -0.371 e. The molecular weight excluding hydrogens is 512 g/mol. The van der Waals surface area contributed by atoms with Crippen molar-refractivity contribution in [1.29, 1.82) is 0 Å². The summed E-state index contributed by atoms with van der Waals surface area (Å²) in [5.41, 5.74) is 3.08. The second-order valence-corrected chi connectivity index (χ2v) is 13.2. The van der Waals surface area contributed by atoms with Crippen LogP contribution in [0.25, 0.3) is 0 Å². The second kappa shape index (κ2) is 8.99. The highest BCUT2D eigenvalue weighted by atomic mass is 32.2. The molecule has 4 aliphatic rings. The highest BCUT2D eigenvalue weighted by Gasteiger charge is 2.48. The number of hydrogen-bond acceptors (Lipinski definition) is 5. The fraction of sp³-hybridized carbons (Fsp3) is 0.536. The van der Waals surface area contributed by atoms with Crippen LogP contribution in [-0.2, 0) is 27.0 Å². The molecule has 7 nitrogen and oxygen atoms in total. The zero-order chi connectivity index (χ0) is 26.8. The lowest BCUT2D eigenvalue weighted by Crippen LogP contribution is -2.36. The van der Waals surface area contributed by atoms with Crippen molar-refractivity contribution in [3.8, 4) is 0 Å². The van der Waals surface area contributed by atoms with Gasteiger partial charge in [0, 0.05) is 31.6 Å². The Bertz CT molecular complexity index is 1370. The van der Waals surface area contributed by atoms with Crippen LogP contribution in [0.3, 0.4) is 0 Å². The summed E-state index contributed by atoms with van der Waals surface area (Å²) in [5, 5.41) is 2.97. The Hall–Kier alpha value is -2.56. The average Bonchev–Trinajstić information content (AvgIpc) is 3.57. The first-order valence-electron chi connectivity index (χ1n) is 13.3. The summed E-state index contributed by atoms with van der Waals surface area (Å²) < 4.78 is 61.2. The molecule has 3 fully saturated rings. The number of hydrogen-bond donors (Lipinski definition) is 2. The van der Waals surface area contributed by atoms with Crippen molar-refractivity contribution in [2.75, 3.05) is 30.4 Å². The zero-order valence-corrected chi connectivity index (χ0v) is 22.3. The van der Waals surface area contributed by atoms with E-state index in [4.69, 9.17) is 4.74 Å². The van der Waals surface area contributed by atoms with E-state index in [1.807, 2.05) is 12.1 Å². The fourth-order valence-electron chi connectivity index (χ4n) is 6.28. The lowest BCUT2D eigenvalue weighted by Gasteiger charge is -2.37. The number of amides is 1. The van der Waals surface area contributed by atoms with Gasteiger partial charge >= 0.3 is 0 Å². The van der Waals surface area contributed by atoms with Crippen molar-refractivity contribution in [3.63, 3.8) is 0 Å². The molecule has 2 spiro atoms. The van der Waals surface area contributed by atoms with E-state index in [0.29, 0.717) is 29.0 Å². The van der Waals surface area contributed by atoms with Crippen LogP contribution in [0, 0.1) is 5.41 Å². The molecule has 0 radical (unpaired) electrons. The molecule has 2 heterocycles. The zero-order valence-electron chi connectivity index (χ0n) is 21.5. The molecule has 0 unspecified atom stereocenters. The molecule has 1 amide bonds. The first-order valence-corrected chi connectivity index (χ1v) is 14.8. The summed E-state index contributed by atoms with van der Waals surface area (Å²) in [6.45, 7) is 1.91. The molecule has 38 heavy (non-hydrogen) atoms. The van der Waals surface area contributed by atoms with Crippen molar-refractivity contribution < 1.29 is 26.7 Å². The lowest BCUT2D eigenvalue weighted by molar-refractivity contribution is -0.130. The summed E-state index contributed by atoms with van der Waals surface area (Å²) >= 11 is 0. The molecule has 10 heteroatoms. The van der Waals surface area contributed by atoms with Gasteiger partial charge in [0.1, 0.15) is 0 Å². The number of rotatable bonds is 5. The van der Waals surface area contributed by atoms with Crippen LogP contribution in [-0.4, -0.2) is 40.4 Å². The van der Waals surface area contributed by atoms with E-state index in [2.05, 4.69) is 14.9 Å². The Labute approximate surface area is 222 Å². The number of halogens is 2. The van der Waals surface area contributed by atoms with Crippen molar-refractivity contribution in [2.45, 2.75) is 74.4 Å². The average molecular weight is 546 g/mol. The summed E-state index contributed by atoms with van der Waals surface area (Å²) in [5.74, 6) is -3.01. The minimum absolute atomic E-state index is 0.115. The highest BCUT2D eigenvalue weighted by Crippen LogP contribution is 2.54. The van der Waals surface area contributed by atoms with Crippen molar-refractivity contribution in [2.24, 2.45) is 5.41 Å². The number of benzene rings is 2. The van der Waals surface area contributed by atoms with Crippen LogP contribution < -0.4 is 14.9 Å². The van der Waals surface area contributed by atoms with Gasteiger partial charge in [0.05, 0.1) is 28.4 Å². The molecule has 1 saturated heterocycles. The van der Waals surface area contributed by atoms with Gasteiger partial charge < -0.3 is 15.0 Å². The monoisotopic (exact) mass is 545 g/mol. The molecule has 204 valence electrons. The number of sulfonamides is 1. The molecule has 2 N–H and O–H groups in total. The molecule has 2 aliphatic carbocycles. The molecular formula is C28H33F2N3O4S. The Morgan fingerprint density at radius 3 is 2.32 bits per heavy atom. The van der Waals surface area contributed by atoms with Crippen LogP contribution in [0.2, 0.25) is 0 Å². The van der Waals surface area contributed by atoms with Crippen LogP contribution in [0.15, 0.2) is 41.3 Å². The molecule has 2 aliphatic heterocycles. The maximum atomic E-state index is 13.9. The molecule has 2 saturated carbocycles. The number of nitrogens with zero attached hydrogens (tertiary/aromatic N) is 1. The molecule has 0 aromatic heterocycles. The Morgan fingerprint density at radius 1 is 0.947 bits per heavy atom. The maximum Gasteiger partial charge on any atom is 0.257 e. The lowest BCUT2D eigenvalue weighted by atomic mass is 9.77. The van der Waals surface area contributed by atoms with Gasteiger partial charge in [0.25, 0.3) is 5.91 Å². The van der Waals surface area contributed by atoms with E-state index in [9.17, 15) is 22.0 Å². The Balaban J connectivity index is 1.28. The third-order valence-corrected chi connectivity index (χ3v) is 10.5. The quantitative estimate of drug-likeness (QED) is 0.542. The van der Waals surface area contributed by atoms with E-state index in [1.165, 1.54) is 26.0 Å². The number of carbonyl (C=O) groups is 1. The van der Waals surface area contributed by atoms with E-state index in [-0.39, 0.29) is 36.5 Å². The number of anilines is 2. The topological polar surface area (TPSA) is 87.7 Å². The summed E-state index contributed by atoms with van der Waals surface area (Å²) in [4.78, 5) is 15.8. The first kappa shape index (κ1) is 25.7. The van der Waals surface area contributed by atoms with Gasteiger partial charge in [-0.05, 0) is 92.4 Å². The van der Waals surface area contributed by atoms with Gasteiger partial charge in [0.2, 0.25) is 15.9 Å². The second-order valence-electron chi connectivity index (χ2n) is 11.3. The van der Waals surface area contributed by atoms with Crippen molar-refractivity contribution in [1.82, 2.24) is 4.72 Å². The largest absolute Gasteiger partial charge is 0.371 e. The summed E-state index contributed by atoms with van der Waals surface area (Å²) in [6.07, 6.45) is 4.59. The molecule has 0 atom stereocenters. The van der Waals surface area contributed by atoms with E-state index < -0.39 is 21.5 Å². The Morgan fingerprint density at radius 2 is 1.66 bits per heavy atom. The smallest absolute Gasteiger partial charge is 0.257 e. The van der Waals surface area contributed by atoms with Crippen LogP contribution in [0.1, 0.15) is 72.9 Å². The number of fused-ring (bicyclic) bond motifs is 2. The number of carbonyl (C=O) groups excluding carboxylic acids is 1. The predicted molar refractivity (Wildman–Crippen MR) is 140 cm³/mol. The number of alkyl halides is 2. The molecule has 2 aromatic carbocycles. The SMILES string of the molecule is CNS(=O)(=O)c1ccc(C(=O)Nc2ccc3c(c2)C2(CCC(F)(F)CC2)OC3)c(N2CCC3(CC2)CC3)c1. The van der Waals surface area contributed by atoms with Gasteiger partial charge in [-0.3, -0.25) is 4.79 Å². The summed E-state index contributed by atoms with van der Waals surface area (Å²) in [7, 11) is -2.31. The standard InChI is InChI=1S/C28H33F2N3O4S/c1-31-38(35,36)21-4-5-22(24(17-21)33-14-12-26(6-7-26)13-15-33)25(34)32-20-3-2-19-18-37-27(23(19)16-20)8-10-28(29,30)11-9-27/h2-5,16-17,31H,6-15,18H2,1H3,(H,32,34). The Kier molecular flexibility index (Phi) is 6.08. The van der Waals surface area contributed by atoms with Gasteiger partial charge in [-0.15, -0.1) is 0 Å². The van der Waals surface area contributed by atoms with Gasteiger partial charge in [0.15, 0.2) is 0 Å². The van der Waals surface area contributed by atoms with Crippen LogP contribution in [0.4, 0.5) is 20.2 Å². The minimum atomic E-state index is -3.68. The third kappa shape index (κ3) is 4.60.